The Morgan fingerprint density at radius 1 is 1.00 bits per heavy atom. The first-order valence-corrected chi connectivity index (χ1v) is 6.68. The molecule has 0 saturated carbocycles. The highest BCUT2D eigenvalue weighted by Gasteiger charge is 2.10. The van der Waals surface area contributed by atoms with Crippen molar-refractivity contribution in [3.63, 3.8) is 0 Å². The molecule has 2 aromatic carbocycles. The summed E-state index contributed by atoms with van der Waals surface area (Å²) in [7, 11) is 0. The van der Waals surface area contributed by atoms with Crippen molar-refractivity contribution in [1.82, 2.24) is 0 Å². The van der Waals surface area contributed by atoms with Crippen LogP contribution in [0.5, 0.6) is 5.75 Å². The molecule has 0 radical (unpaired) electrons. The Bertz CT molecular complexity index is 563. The summed E-state index contributed by atoms with van der Waals surface area (Å²) in [5.74, 6) is 0.822. The van der Waals surface area contributed by atoms with Crippen molar-refractivity contribution in [2.24, 2.45) is 0 Å². The second kappa shape index (κ2) is 5.03. The number of hydrogen-bond acceptors (Lipinski definition) is 1. The van der Waals surface area contributed by atoms with Crippen molar-refractivity contribution in [3.8, 4) is 5.75 Å². The van der Waals surface area contributed by atoms with E-state index in [0.717, 1.165) is 5.75 Å². The number of fused-ring (bicyclic) bond motifs is 1. The summed E-state index contributed by atoms with van der Waals surface area (Å²) in [4.78, 5) is 0. The van der Waals surface area contributed by atoms with Crippen LogP contribution in [0.25, 0.3) is 0 Å². The molecule has 0 spiro atoms. The zero-order chi connectivity index (χ0) is 12.4. The molecule has 0 fully saturated rings. The molecule has 18 heavy (non-hydrogen) atoms. The van der Waals surface area contributed by atoms with E-state index >= 15 is 0 Å². The van der Waals surface area contributed by atoms with E-state index in [2.05, 4.69) is 18.2 Å². The maximum Gasteiger partial charge on any atom is 0.121 e. The van der Waals surface area contributed by atoms with Crippen molar-refractivity contribution < 1.29 is 4.74 Å². The molecule has 92 valence electrons. The average molecular weight is 259 g/mol. The quantitative estimate of drug-likeness (QED) is 0.793. The Hall–Kier alpha value is -1.47. The van der Waals surface area contributed by atoms with Crippen molar-refractivity contribution >= 4 is 11.6 Å². The van der Waals surface area contributed by atoms with E-state index < -0.39 is 0 Å². The fourth-order valence-corrected chi connectivity index (χ4v) is 2.62. The van der Waals surface area contributed by atoms with Crippen LogP contribution in [0.3, 0.4) is 0 Å². The van der Waals surface area contributed by atoms with Gasteiger partial charge in [0.15, 0.2) is 0 Å². The summed E-state index contributed by atoms with van der Waals surface area (Å²) in [6, 6.07) is 14.2. The second-order valence-electron chi connectivity index (χ2n) is 4.70. The zero-order valence-electron chi connectivity index (χ0n) is 10.2. The van der Waals surface area contributed by atoms with Crippen LogP contribution in [0.4, 0.5) is 0 Å². The summed E-state index contributed by atoms with van der Waals surface area (Å²) >= 11 is 5.92. The number of ether oxygens (including phenoxy) is 1. The third-order valence-corrected chi connectivity index (χ3v) is 3.60. The fraction of sp³-hybridized carbons (Fsp3) is 0.250. The van der Waals surface area contributed by atoms with Gasteiger partial charge in [-0.2, -0.15) is 0 Å². The van der Waals surface area contributed by atoms with Crippen molar-refractivity contribution in [2.45, 2.75) is 25.9 Å². The molecule has 0 amide bonds. The molecular weight excluding hydrogens is 244 g/mol. The smallest absolute Gasteiger partial charge is 0.121 e. The van der Waals surface area contributed by atoms with Crippen LogP contribution in [0.1, 0.15) is 23.1 Å². The van der Waals surface area contributed by atoms with Gasteiger partial charge >= 0.3 is 0 Å². The SMILES string of the molecule is Clc1cccc(OCc2ccc3c(c2)CCC3)c1. The van der Waals surface area contributed by atoms with Gasteiger partial charge in [-0.3, -0.25) is 0 Å². The fourth-order valence-electron chi connectivity index (χ4n) is 2.44. The molecule has 0 unspecified atom stereocenters. The van der Waals surface area contributed by atoms with E-state index in [9.17, 15) is 0 Å². The highest BCUT2D eigenvalue weighted by atomic mass is 35.5. The molecule has 0 atom stereocenters. The van der Waals surface area contributed by atoms with Gasteiger partial charge in [-0.1, -0.05) is 35.9 Å². The number of rotatable bonds is 3. The molecule has 1 aliphatic rings. The second-order valence-corrected chi connectivity index (χ2v) is 5.14. The largest absolute Gasteiger partial charge is 0.489 e. The van der Waals surface area contributed by atoms with Crippen LogP contribution in [0.15, 0.2) is 42.5 Å². The molecule has 0 aliphatic heterocycles. The maximum atomic E-state index is 5.92. The summed E-state index contributed by atoms with van der Waals surface area (Å²) in [5, 5.41) is 0.710. The van der Waals surface area contributed by atoms with Crippen LogP contribution < -0.4 is 4.74 Å². The molecule has 2 aromatic rings. The normalized spacial score (nSPS) is 13.4. The topological polar surface area (TPSA) is 9.23 Å². The Labute approximate surface area is 112 Å². The molecule has 0 aromatic heterocycles. The minimum atomic E-state index is 0.605. The summed E-state index contributed by atoms with van der Waals surface area (Å²) in [6.45, 7) is 0.605. The van der Waals surface area contributed by atoms with Crippen LogP contribution in [0.2, 0.25) is 5.02 Å². The lowest BCUT2D eigenvalue weighted by molar-refractivity contribution is 0.306. The first-order valence-electron chi connectivity index (χ1n) is 6.30. The molecular formula is C16H15ClO. The minimum Gasteiger partial charge on any atom is -0.489 e. The van der Waals surface area contributed by atoms with E-state index in [-0.39, 0.29) is 0 Å². The highest BCUT2D eigenvalue weighted by Crippen LogP contribution is 2.24. The monoisotopic (exact) mass is 258 g/mol. The van der Waals surface area contributed by atoms with Gasteiger partial charge in [0, 0.05) is 5.02 Å². The third kappa shape index (κ3) is 2.51. The standard InChI is InChI=1S/C16H15ClO/c17-15-5-2-6-16(10-15)18-11-12-7-8-13-3-1-4-14(13)9-12/h2,5-10H,1,3-4,11H2. The molecule has 3 rings (SSSR count). The van der Waals surface area contributed by atoms with Crippen LogP contribution >= 0.6 is 11.6 Å². The summed E-state index contributed by atoms with van der Waals surface area (Å²) < 4.78 is 5.75. The van der Waals surface area contributed by atoms with Gasteiger partial charge in [-0.05, 0) is 54.2 Å². The third-order valence-electron chi connectivity index (χ3n) is 3.36. The van der Waals surface area contributed by atoms with Crippen molar-refractivity contribution in [1.29, 1.82) is 0 Å². The van der Waals surface area contributed by atoms with E-state index in [1.807, 2.05) is 24.3 Å². The number of halogens is 1. The first kappa shape index (κ1) is 11.6. The van der Waals surface area contributed by atoms with Crippen LogP contribution in [-0.4, -0.2) is 0 Å². The Morgan fingerprint density at radius 2 is 1.89 bits per heavy atom. The summed E-state index contributed by atoms with van der Waals surface area (Å²) in [6.07, 6.45) is 3.72. The Morgan fingerprint density at radius 3 is 2.78 bits per heavy atom. The molecule has 2 heteroatoms. The van der Waals surface area contributed by atoms with Gasteiger partial charge in [-0.15, -0.1) is 0 Å². The van der Waals surface area contributed by atoms with Crippen LogP contribution in [-0.2, 0) is 19.4 Å². The number of hydrogen-bond donors (Lipinski definition) is 0. The van der Waals surface area contributed by atoms with Gasteiger partial charge in [-0.25, -0.2) is 0 Å². The highest BCUT2D eigenvalue weighted by molar-refractivity contribution is 6.30. The molecule has 0 bridgehead atoms. The number of benzene rings is 2. The molecule has 1 nitrogen and oxygen atoms in total. The molecule has 1 aliphatic carbocycles. The van der Waals surface area contributed by atoms with Gasteiger partial charge in [0.1, 0.15) is 12.4 Å². The Kier molecular flexibility index (Phi) is 3.24. The van der Waals surface area contributed by atoms with Gasteiger partial charge in [0.25, 0.3) is 0 Å². The van der Waals surface area contributed by atoms with Crippen molar-refractivity contribution in [3.05, 3.63) is 64.2 Å². The molecule has 0 heterocycles. The first-order chi connectivity index (χ1) is 8.81. The molecule has 0 N–H and O–H groups in total. The molecule has 0 saturated heterocycles. The predicted octanol–water partition coefficient (Wildman–Crippen LogP) is 4.41. The van der Waals surface area contributed by atoms with E-state index in [1.165, 1.54) is 36.0 Å². The van der Waals surface area contributed by atoms with E-state index in [0.29, 0.717) is 11.6 Å². The van der Waals surface area contributed by atoms with E-state index in [4.69, 9.17) is 16.3 Å². The van der Waals surface area contributed by atoms with E-state index in [1.54, 1.807) is 0 Å². The summed E-state index contributed by atoms with van der Waals surface area (Å²) in [5.41, 5.74) is 4.22. The minimum absolute atomic E-state index is 0.605. The average Bonchev–Trinajstić information content (AvgIpc) is 2.84. The van der Waals surface area contributed by atoms with Crippen LogP contribution in [0, 0.1) is 0 Å². The Balaban J connectivity index is 1.70. The number of aryl methyl sites for hydroxylation is 2. The van der Waals surface area contributed by atoms with Gasteiger partial charge < -0.3 is 4.74 Å². The lowest BCUT2D eigenvalue weighted by Gasteiger charge is -2.08. The lowest BCUT2D eigenvalue weighted by atomic mass is 10.1. The predicted molar refractivity (Wildman–Crippen MR) is 74.3 cm³/mol. The zero-order valence-corrected chi connectivity index (χ0v) is 10.9. The van der Waals surface area contributed by atoms with Crippen molar-refractivity contribution in [2.75, 3.05) is 0 Å². The lowest BCUT2D eigenvalue weighted by Crippen LogP contribution is -1.96. The maximum absolute atomic E-state index is 5.92. The van der Waals surface area contributed by atoms with Gasteiger partial charge in [0.2, 0.25) is 0 Å². The van der Waals surface area contributed by atoms with Gasteiger partial charge in [0.05, 0.1) is 0 Å².